The van der Waals surface area contributed by atoms with Crippen LogP contribution >= 0.6 is 11.3 Å². The highest BCUT2D eigenvalue weighted by molar-refractivity contribution is 7.14. The molecule has 3 saturated heterocycles. The van der Waals surface area contributed by atoms with Gasteiger partial charge in [-0.1, -0.05) is 25.0 Å². The maximum Gasteiger partial charge on any atom is 0.251 e. The zero-order valence-electron chi connectivity index (χ0n) is 21.8. The van der Waals surface area contributed by atoms with Crippen molar-refractivity contribution < 1.29 is 19.1 Å². The van der Waals surface area contributed by atoms with Gasteiger partial charge in [-0.05, 0) is 44.4 Å². The summed E-state index contributed by atoms with van der Waals surface area (Å²) in [6.07, 6.45) is 4.38. The fourth-order valence-electron chi connectivity index (χ4n) is 6.25. The molecular formula is C28H35N5O4S. The lowest BCUT2D eigenvalue weighted by atomic mass is 9.95. The minimum Gasteiger partial charge on any atom is -0.368 e. The number of ether oxygens (including phenoxy) is 1. The molecule has 4 heterocycles. The van der Waals surface area contributed by atoms with Crippen LogP contribution in [0.25, 0.3) is 11.3 Å². The number of benzene rings is 1. The Morgan fingerprint density at radius 3 is 2.53 bits per heavy atom. The molecule has 1 N–H and O–H groups in total. The van der Waals surface area contributed by atoms with Gasteiger partial charge in [0.2, 0.25) is 5.91 Å². The molecular weight excluding hydrogens is 502 g/mol. The third kappa shape index (κ3) is 4.97. The molecule has 0 spiro atoms. The van der Waals surface area contributed by atoms with Gasteiger partial charge in [-0.2, -0.15) is 0 Å². The van der Waals surface area contributed by atoms with Crippen LogP contribution in [-0.4, -0.2) is 96.9 Å². The highest BCUT2D eigenvalue weighted by Crippen LogP contribution is 2.33. The van der Waals surface area contributed by atoms with E-state index in [-0.39, 0.29) is 36.2 Å². The van der Waals surface area contributed by atoms with Gasteiger partial charge >= 0.3 is 0 Å². The van der Waals surface area contributed by atoms with Gasteiger partial charge in [0.1, 0.15) is 18.7 Å². The average Bonchev–Trinajstić information content (AvgIpc) is 3.74. The van der Waals surface area contributed by atoms with Crippen molar-refractivity contribution in [2.45, 2.75) is 50.3 Å². The molecule has 4 fully saturated rings. The van der Waals surface area contributed by atoms with E-state index in [1.54, 1.807) is 28.4 Å². The van der Waals surface area contributed by atoms with Crippen molar-refractivity contribution in [2.75, 3.05) is 51.3 Å². The molecule has 9 nitrogen and oxygen atoms in total. The van der Waals surface area contributed by atoms with Crippen LogP contribution in [0.15, 0.2) is 29.6 Å². The number of anilines is 1. The van der Waals surface area contributed by atoms with Gasteiger partial charge < -0.3 is 24.8 Å². The first-order chi connectivity index (χ1) is 18.5. The number of likely N-dealkylation sites (tertiary alicyclic amines) is 1. The number of aromatic nitrogens is 1. The number of rotatable bonds is 6. The van der Waals surface area contributed by atoms with E-state index >= 15 is 0 Å². The second-order valence-electron chi connectivity index (χ2n) is 11.0. The Bertz CT molecular complexity index is 1190. The highest BCUT2D eigenvalue weighted by atomic mass is 32.1. The quantitative estimate of drug-likeness (QED) is 0.605. The Hall–Kier alpha value is -2.82. The van der Waals surface area contributed by atoms with Crippen molar-refractivity contribution in [1.82, 2.24) is 20.1 Å². The lowest BCUT2D eigenvalue weighted by Crippen LogP contribution is -2.54. The van der Waals surface area contributed by atoms with Crippen molar-refractivity contribution in [3.63, 3.8) is 0 Å². The Kier molecular flexibility index (Phi) is 7.20. The normalized spacial score (nSPS) is 25.1. The zero-order chi connectivity index (χ0) is 26.2. The molecule has 1 aliphatic carbocycles. The van der Waals surface area contributed by atoms with E-state index < -0.39 is 12.1 Å². The van der Waals surface area contributed by atoms with E-state index in [1.165, 1.54) is 0 Å². The summed E-state index contributed by atoms with van der Waals surface area (Å²) in [5.41, 5.74) is 2.38. The smallest absolute Gasteiger partial charge is 0.251 e. The molecule has 0 bridgehead atoms. The number of Topliss-reactive ketones (excluding diaryl/α,β-unsaturated/α-hetero) is 1. The first kappa shape index (κ1) is 25.5. The molecule has 10 heteroatoms. The predicted molar refractivity (Wildman–Crippen MR) is 145 cm³/mol. The SMILES string of the molecule is CN1CCN(c2nc(-c3ccc(C(=O)N[C@H](C(=O)N4CC[C@H]5OCC(=O)[C@H]54)C4CCCC4)cc3)cs2)CC1. The first-order valence-electron chi connectivity index (χ1n) is 13.7. The Morgan fingerprint density at radius 1 is 1.05 bits per heavy atom. The average molecular weight is 538 g/mol. The second-order valence-corrected chi connectivity index (χ2v) is 11.8. The van der Waals surface area contributed by atoms with Crippen LogP contribution in [0.1, 0.15) is 42.5 Å². The fourth-order valence-corrected chi connectivity index (χ4v) is 7.14. The summed E-state index contributed by atoms with van der Waals surface area (Å²) in [7, 11) is 2.14. The van der Waals surface area contributed by atoms with E-state index in [0.717, 1.165) is 68.3 Å². The predicted octanol–water partition coefficient (Wildman–Crippen LogP) is 2.42. The molecule has 2 amide bonds. The summed E-state index contributed by atoms with van der Waals surface area (Å²) in [5, 5.41) is 6.15. The highest BCUT2D eigenvalue weighted by Gasteiger charge is 2.49. The van der Waals surface area contributed by atoms with E-state index in [2.05, 4.69) is 27.5 Å². The maximum absolute atomic E-state index is 13.7. The summed E-state index contributed by atoms with van der Waals surface area (Å²) < 4.78 is 5.57. The van der Waals surface area contributed by atoms with Crippen molar-refractivity contribution in [1.29, 1.82) is 0 Å². The molecule has 6 rings (SSSR count). The third-order valence-electron chi connectivity index (χ3n) is 8.53. The number of carbonyl (C=O) groups excluding carboxylic acids is 3. The summed E-state index contributed by atoms with van der Waals surface area (Å²) in [6, 6.07) is 6.32. The number of hydrogen-bond acceptors (Lipinski definition) is 8. The number of nitrogens with zero attached hydrogens (tertiary/aromatic N) is 4. The van der Waals surface area contributed by atoms with Gasteiger partial charge in [0.05, 0.1) is 11.8 Å². The second kappa shape index (κ2) is 10.7. The van der Waals surface area contributed by atoms with Crippen molar-refractivity contribution in [3.8, 4) is 11.3 Å². The number of likely N-dealkylation sites (N-methyl/N-ethyl adjacent to an activating group) is 1. The molecule has 3 atom stereocenters. The number of piperazine rings is 1. The van der Waals surface area contributed by atoms with Crippen LogP contribution in [0.3, 0.4) is 0 Å². The Morgan fingerprint density at radius 2 is 1.79 bits per heavy atom. The molecule has 1 aromatic heterocycles. The number of carbonyl (C=O) groups is 3. The summed E-state index contributed by atoms with van der Waals surface area (Å²) in [5.74, 6) is -0.356. The van der Waals surface area contributed by atoms with Gasteiger partial charge in [-0.15, -0.1) is 11.3 Å². The molecule has 2 aromatic rings. The topological polar surface area (TPSA) is 95.1 Å². The Balaban J connectivity index is 1.14. The zero-order valence-corrected chi connectivity index (χ0v) is 22.6. The van der Waals surface area contributed by atoms with Crippen molar-refractivity contribution >= 4 is 34.1 Å². The number of fused-ring (bicyclic) bond motifs is 1. The van der Waals surface area contributed by atoms with Gasteiger partial charge in [-0.25, -0.2) is 4.98 Å². The van der Waals surface area contributed by atoms with Crippen molar-refractivity contribution in [2.24, 2.45) is 5.92 Å². The standard InChI is InChI=1S/C28H35N5O4S/c1-31-12-14-32(15-13-31)28-29-21(17-38-28)18-6-8-20(9-7-18)26(35)30-24(19-4-2-3-5-19)27(36)33-11-10-23-25(33)22(34)16-37-23/h6-9,17,19,23-25H,2-5,10-16H2,1H3,(H,30,35)/t23-,24+,25-/m1/s1. The molecule has 4 aliphatic rings. The van der Waals surface area contributed by atoms with E-state index in [4.69, 9.17) is 9.72 Å². The number of nitrogens with one attached hydrogen (secondary N) is 1. The number of amides is 2. The first-order valence-corrected chi connectivity index (χ1v) is 14.6. The molecule has 1 saturated carbocycles. The minimum absolute atomic E-state index is 0.0363. The maximum atomic E-state index is 13.7. The molecule has 38 heavy (non-hydrogen) atoms. The number of thiazole rings is 1. The minimum atomic E-state index is -0.624. The molecule has 0 radical (unpaired) electrons. The van der Waals surface area contributed by atoms with Gasteiger partial charge in [0.25, 0.3) is 5.91 Å². The molecule has 0 unspecified atom stereocenters. The van der Waals surface area contributed by atoms with Crippen LogP contribution < -0.4 is 10.2 Å². The largest absolute Gasteiger partial charge is 0.368 e. The Labute approximate surface area is 227 Å². The fraction of sp³-hybridized carbons (Fsp3) is 0.571. The third-order valence-corrected chi connectivity index (χ3v) is 9.43. The van der Waals surface area contributed by atoms with Crippen LogP contribution in [-0.2, 0) is 14.3 Å². The number of ketones is 1. The summed E-state index contributed by atoms with van der Waals surface area (Å²) >= 11 is 1.65. The van der Waals surface area contributed by atoms with E-state index in [0.29, 0.717) is 18.5 Å². The van der Waals surface area contributed by atoms with E-state index in [9.17, 15) is 14.4 Å². The number of hydrogen-bond donors (Lipinski definition) is 1. The lowest BCUT2D eigenvalue weighted by Gasteiger charge is -2.32. The van der Waals surface area contributed by atoms with Crippen molar-refractivity contribution in [3.05, 3.63) is 35.2 Å². The summed E-state index contributed by atoms with van der Waals surface area (Å²) in [6.45, 7) is 4.59. The molecule has 3 aliphatic heterocycles. The van der Waals surface area contributed by atoms with Crippen LogP contribution in [0.2, 0.25) is 0 Å². The van der Waals surface area contributed by atoms with Crippen LogP contribution in [0.5, 0.6) is 0 Å². The molecule has 202 valence electrons. The summed E-state index contributed by atoms with van der Waals surface area (Å²) in [4.78, 5) is 50.5. The van der Waals surface area contributed by atoms with Crippen LogP contribution in [0, 0.1) is 5.92 Å². The van der Waals surface area contributed by atoms with Crippen LogP contribution in [0.4, 0.5) is 5.13 Å². The van der Waals surface area contributed by atoms with E-state index in [1.807, 2.05) is 12.1 Å². The molecule has 1 aromatic carbocycles. The lowest BCUT2D eigenvalue weighted by molar-refractivity contribution is -0.139. The van der Waals surface area contributed by atoms with Gasteiger partial charge in [0.15, 0.2) is 10.9 Å². The van der Waals surface area contributed by atoms with Gasteiger partial charge in [-0.3, -0.25) is 14.4 Å². The monoisotopic (exact) mass is 537 g/mol. The van der Waals surface area contributed by atoms with Gasteiger partial charge in [0, 0.05) is 49.2 Å².